The second-order valence-corrected chi connectivity index (χ2v) is 6.91. The van der Waals surface area contributed by atoms with E-state index in [4.69, 9.17) is 9.84 Å². The summed E-state index contributed by atoms with van der Waals surface area (Å²) in [6.45, 7) is 1.84. The van der Waals surface area contributed by atoms with Gasteiger partial charge in [0.1, 0.15) is 0 Å². The molecule has 0 aliphatic heterocycles. The first-order chi connectivity index (χ1) is 9.86. The maximum absolute atomic E-state index is 12.1. The maximum atomic E-state index is 12.1. The molecule has 0 aliphatic rings. The molecule has 0 aliphatic carbocycles. The fourth-order valence-electron chi connectivity index (χ4n) is 1.79. The lowest BCUT2D eigenvalue weighted by atomic mass is 10.2. The Labute approximate surface area is 125 Å². The van der Waals surface area contributed by atoms with Crippen LogP contribution in [0.2, 0.25) is 0 Å². The molecule has 0 aromatic heterocycles. The first-order valence-corrected chi connectivity index (χ1v) is 8.25. The molecule has 6 nitrogen and oxygen atoms in total. The molecule has 0 heterocycles. The summed E-state index contributed by atoms with van der Waals surface area (Å²) < 4.78 is 29.2. The summed E-state index contributed by atoms with van der Waals surface area (Å²) in [5.41, 5.74) is 0.0747. The van der Waals surface area contributed by atoms with Crippen molar-refractivity contribution in [1.82, 2.24) is 4.90 Å². The maximum Gasteiger partial charge on any atom is 0.335 e. The third-order valence-electron chi connectivity index (χ3n) is 3.09. The van der Waals surface area contributed by atoms with Crippen molar-refractivity contribution >= 4 is 15.8 Å². The van der Waals surface area contributed by atoms with Gasteiger partial charge in [0.05, 0.1) is 16.2 Å². The van der Waals surface area contributed by atoms with Crippen molar-refractivity contribution in [2.45, 2.75) is 11.3 Å². The third-order valence-corrected chi connectivity index (χ3v) is 4.80. The minimum atomic E-state index is -3.39. The Hall–Kier alpha value is -1.44. The summed E-state index contributed by atoms with van der Waals surface area (Å²) in [5.74, 6) is -1.07. The van der Waals surface area contributed by atoms with E-state index in [0.29, 0.717) is 13.2 Å². The molecule has 1 N–H and O–H groups in total. The first-order valence-electron chi connectivity index (χ1n) is 6.60. The average Bonchev–Trinajstić information content (AvgIpc) is 2.45. The fraction of sp³-hybridized carbons (Fsp3) is 0.500. The molecule has 118 valence electrons. The van der Waals surface area contributed by atoms with Gasteiger partial charge in [0, 0.05) is 26.8 Å². The number of carboxylic acid groups (broad SMARTS) is 1. The molecule has 0 saturated heterocycles. The minimum Gasteiger partial charge on any atom is -0.478 e. The van der Waals surface area contributed by atoms with Crippen molar-refractivity contribution in [3.63, 3.8) is 0 Å². The second-order valence-electron chi connectivity index (χ2n) is 4.80. The van der Waals surface area contributed by atoms with Gasteiger partial charge < -0.3 is 14.7 Å². The molecular weight excluding hydrogens is 294 g/mol. The molecule has 7 heteroatoms. The van der Waals surface area contributed by atoms with Crippen LogP contribution in [0.15, 0.2) is 29.2 Å². The van der Waals surface area contributed by atoms with Crippen LogP contribution in [0.3, 0.4) is 0 Å². The van der Waals surface area contributed by atoms with Gasteiger partial charge in [-0.25, -0.2) is 13.2 Å². The molecule has 0 atom stereocenters. The van der Waals surface area contributed by atoms with Gasteiger partial charge in [0.2, 0.25) is 0 Å². The number of carbonyl (C=O) groups is 1. The molecule has 0 bridgehead atoms. The largest absolute Gasteiger partial charge is 0.478 e. The second kappa shape index (κ2) is 8.11. The van der Waals surface area contributed by atoms with Gasteiger partial charge in [-0.15, -0.1) is 0 Å². The SMILES string of the molecule is COCCCN(C)CCS(=O)(=O)c1ccc(C(=O)O)cc1. The Morgan fingerprint density at radius 3 is 2.38 bits per heavy atom. The average molecular weight is 315 g/mol. The van der Waals surface area contributed by atoms with Crippen molar-refractivity contribution in [1.29, 1.82) is 0 Å². The van der Waals surface area contributed by atoms with Gasteiger partial charge in [-0.1, -0.05) is 0 Å². The van der Waals surface area contributed by atoms with Gasteiger partial charge in [-0.05, 0) is 37.7 Å². The molecule has 0 fully saturated rings. The van der Waals surface area contributed by atoms with Crippen LogP contribution >= 0.6 is 0 Å². The predicted molar refractivity (Wildman–Crippen MR) is 79.4 cm³/mol. The molecule has 0 amide bonds. The number of ether oxygens (including phenoxy) is 1. The molecular formula is C14H21NO5S. The van der Waals surface area contributed by atoms with E-state index in [2.05, 4.69) is 0 Å². The first kappa shape index (κ1) is 17.6. The summed E-state index contributed by atoms with van der Waals surface area (Å²) in [6.07, 6.45) is 0.848. The van der Waals surface area contributed by atoms with Gasteiger partial charge >= 0.3 is 5.97 Å². The van der Waals surface area contributed by atoms with E-state index in [9.17, 15) is 13.2 Å². The number of rotatable bonds is 9. The number of hydrogen-bond donors (Lipinski definition) is 1. The number of benzene rings is 1. The summed E-state index contributed by atoms with van der Waals surface area (Å²) in [4.78, 5) is 12.8. The van der Waals surface area contributed by atoms with Crippen LogP contribution in [-0.4, -0.2) is 64.0 Å². The van der Waals surface area contributed by atoms with Crippen LogP contribution in [0.4, 0.5) is 0 Å². The zero-order chi connectivity index (χ0) is 15.9. The number of nitrogens with zero attached hydrogens (tertiary/aromatic N) is 1. The monoisotopic (exact) mass is 315 g/mol. The highest BCUT2D eigenvalue weighted by atomic mass is 32.2. The zero-order valence-corrected chi connectivity index (χ0v) is 13.1. The van der Waals surface area contributed by atoms with E-state index < -0.39 is 15.8 Å². The molecule has 0 unspecified atom stereocenters. The van der Waals surface area contributed by atoms with Crippen molar-refractivity contribution in [3.05, 3.63) is 29.8 Å². The van der Waals surface area contributed by atoms with Crippen LogP contribution in [-0.2, 0) is 14.6 Å². The molecule has 1 rings (SSSR count). The Morgan fingerprint density at radius 1 is 1.24 bits per heavy atom. The van der Waals surface area contributed by atoms with Crippen LogP contribution in [0, 0.1) is 0 Å². The summed E-state index contributed by atoms with van der Waals surface area (Å²) in [5, 5.41) is 8.79. The molecule has 0 saturated carbocycles. The molecule has 21 heavy (non-hydrogen) atoms. The standard InChI is InChI=1S/C14H21NO5S/c1-15(8-3-10-20-2)9-11-21(18,19)13-6-4-12(5-7-13)14(16)17/h4-7H,3,8-11H2,1-2H3,(H,16,17). The summed E-state index contributed by atoms with van der Waals surface area (Å²) >= 11 is 0. The van der Waals surface area contributed by atoms with Gasteiger partial charge in [0.15, 0.2) is 9.84 Å². The lowest BCUT2D eigenvalue weighted by molar-refractivity contribution is 0.0696. The highest BCUT2D eigenvalue weighted by Gasteiger charge is 2.16. The Balaban J connectivity index is 2.58. The zero-order valence-electron chi connectivity index (χ0n) is 12.3. The third kappa shape index (κ3) is 5.82. The van der Waals surface area contributed by atoms with Crippen LogP contribution in [0.5, 0.6) is 0 Å². The van der Waals surface area contributed by atoms with Crippen LogP contribution in [0.1, 0.15) is 16.8 Å². The number of methoxy groups -OCH3 is 1. The molecule has 1 aromatic rings. The number of hydrogen-bond acceptors (Lipinski definition) is 5. The van der Waals surface area contributed by atoms with Gasteiger partial charge in [-0.3, -0.25) is 0 Å². The molecule has 0 spiro atoms. The minimum absolute atomic E-state index is 0.00288. The topological polar surface area (TPSA) is 83.9 Å². The van der Waals surface area contributed by atoms with Crippen LogP contribution < -0.4 is 0 Å². The van der Waals surface area contributed by atoms with Crippen molar-refractivity contribution in [2.24, 2.45) is 0 Å². The van der Waals surface area contributed by atoms with E-state index in [1.807, 2.05) is 11.9 Å². The fourth-order valence-corrected chi connectivity index (χ4v) is 3.13. The Kier molecular flexibility index (Phi) is 6.80. The number of sulfone groups is 1. The normalized spacial score (nSPS) is 11.8. The number of carboxylic acids is 1. The van der Waals surface area contributed by atoms with E-state index >= 15 is 0 Å². The highest BCUT2D eigenvalue weighted by molar-refractivity contribution is 7.91. The van der Waals surface area contributed by atoms with Gasteiger partial charge in [-0.2, -0.15) is 0 Å². The smallest absolute Gasteiger partial charge is 0.335 e. The quantitative estimate of drug-likeness (QED) is 0.688. The van der Waals surface area contributed by atoms with Crippen molar-refractivity contribution in [3.8, 4) is 0 Å². The lowest BCUT2D eigenvalue weighted by Gasteiger charge is -2.16. The molecule has 0 radical (unpaired) electrons. The van der Waals surface area contributed by atoms with Gasteiger partial charge in [0.25, 0.3) is 0 Å². The Bertz CT molecular complexity index is 553. The summed E-state index contributed by atoms with van der Waals surface area (Å²) in [6, 6.07) is 5.28. The van der Waals surface area contributed by atoms with E-state index in [-0.39, 0.29) is 16.2 Å². The summed E-state index contributed by atoms with van der Waals surface area (Å²) in [7, 11) is 0.0958. The lowest BCUT2D eigenvalue weighted by Crippen LogP contribution is -2.27. The highest BCUT2D eigenvalue weighted by Crippen LogP contribution is 2.13. The van der Waals surface area contributed by atoms with E-state index in [1.54, 1.807) is 7.11 Å². The van der Waals surface area contributed by atoms with Crippen molar-refractivity contribution in [2.75, 3.05) is 39.6 Å². The Morgan fingerprint density at radius 2 is 1.86 bits per heavy atom. The number of aromatic carboxylic acids is 1. The van der Waals surface area contributed by atoms with Crippen molar-refractivity contribution < 1.29 is 23.1 Å². The molecule has 1 aromatic carbocycles. The predicted octanol–water partition coefficient (Wildman–Crippen LogP) is 1.13. The van der Waals surface area contributed by atoms with Crippen LogP contribution in [0.25, 0.3) is 0 Å². The van der Waals surface area contributed by atoms with E-state index in [1.165, 1.54) is 24.3 Å². The van der Waals surface area contributed by atoms with E-state index in [0.717, 1.165) is 13.0 Å².